The average Bonchev–Trinajstić information content (AvgIpc) is 2.75. The fourth-order valence-electron chi connectivity index (χ4n) is 1.23. The summed E-state index contributed by atoms with van der Waals surface area (Å²) in [7, 11) is 0. The molecule has 0 aliphatic rings. The van der Waals surface area contributed by atoms with Gasteiger partial charge in [-0.1, -0.05) is 5.16 Å². The van der Waals surface area contributed by atoms with E-state index in [1.807, 2.05) is 0 Å². The summed E-state index contributed by atoms with van der Waals surface area (Å²) in [5.74, 6) is -0.702. The van der Waals surface area contributed by atoms with Crippen LogP contribution in [0.15, 0.2) is 28.8 Å². The van der Waals surface area contributed by atoms with Crippen LogP contribution in [-0.2, 0) is 17.8 Å². The standard InChI is InChI=1S/C11H9FN2O4/c12-7-1-3-8(4-2-7)17-6-9-13-10(18-14-9)5-11(15)16/h1-4H,5-6H2,(H,15,16). The van der Waals surface area contributed by atoms with Crippen LogP contribution in [-0.4, -0.2) is 21.2 Å². The van der Waals surface area contributed by atoms with Crippen LogP contribution in [0.5, 0.6) is 5.75 Å². The van der Waals surface area contributed by atoms with E-state index in [1.54, 1.807) is 0 Å². The summed E-state index contributed by atoms with van der Waals surface area (Å²) in [4.78, 5) is 14.2. The van der Waals surface area contributed by atoms with E-state index in [0.29, 0.717) is 5.75 Å². The molecule has 0 saturated heterocycles. The molecule has 0 bridgehead atoms. The van der Waals surface area contributed by atoms with Gasteiger partial charge in [-0.2, -0.15) is 4.98 Å². The third kappa shape index (κ3) is 3.27. The minimum absolute atomic E-state index is 0.0141. The monoisotopic (exact) mass is 252 g/mol. The number of nitrogens with zero attached hydrogens (tertiary/aromatic N) is 2. The zero-order valence-electron chi connectivity index (χ0n) is 9.17. The maximum absolute atomic E-state index is 12.6. The fourth-order valence-corrected chi connectivity index (χ4v) is 1.23. The molecule has 18 heavy (non-hydrogen) atoms. The first-order valence-electron chi connectivity index (χ1n) is 5.05. The molecule has 0 aliphatic heterocycles. The molecule has 0 fully saturated rings. The van der Waals surface area contributed by atoms with Crippen molar-refractivity contribution in [3.63, 3.8) is 0 Å². The SMILES string of the molecule is O=C(O)Cc1nc(COc2ccc(F)cc2)no1. The van der Waals surface area contributed by atoms with Crippen molar-refractivity contribution in [1.29, 1.82) is 0 Å². The largest absolute Gasteiger partial charge is 0.485 e. The Hall–Kier alpha value is -2.44. The van der Waals surface area contributed by atoms with Crippen molar-refractivity contribution < 1.29 is 23.6 Å². The number of halogens is 1. The molecule has 2 rings (SSSR count). The third-order valence-electron chi connectivity index (χ3n) is 1.99. The topological polar surface area (TPSA) is 85.5 Å². The third-order valence-corrected chi connectivity index (χ3v) is 1.99. The van der Waals surface area contributed by atoms with Crippen molar-refractivity contribution in [2.75, 3.05) is 0 Å². The van der Waals surface area contributed by atoms with E-state index in [9.17, 15) is 9.18 Å². The van der Waals surface area contributed by atoms with E-state index in [4.69, 9.17) is 14.4 Å². The highest BCUT2D eigenvalue weighted by Gasteiger charge is 2.10. The van der Waals surface area contributed by atoms with E-state index in [0.717, 1.165) is 0 Å². The number of ether oxygens (including phenoxy) is 1. The molecule has 1 aromatic carbocycles. The van der Waals surface area contributed by atoms with Crippen LogP contribution in [0.2, 0.25) is 0 Å². The van der Waals surface area contributed by atoms with E-state index in [2.05, 4.69) is 10.1 Å². The summed E-state index contributed by atoms with van der Waals surface area (Å²) < 4.78 is 22.6. The van der Waals surface area contributed by atoms with Gasteiger partial charge in [-0.3, -0.25) is 4.79 Å². The molecule has 6 nitrogen and oxygen atoms in total. The van der Waals surface area contributed by atoms with Gasteiger partial charge < -0.3 is 14.4 Å². The van der Waals surface area contributed by atoms with Crippen molar-refractivity contribution >= 4 is 5.97 Å². The van der Waals surface area contributed by atoms with Gasteiger partial charge in [-0.15, -0.1) is 0 Å². The van der Waals surface area contributed by atoms with Crippen LogP contribution in [0.25, 0.3) is 0 Å². The number of carboxylic acid groups (broad SMARTS) is 1. The second kappa shape index (κ2) is 5.26. The molecule has 1 aromatic heterocycles. The first-order chi connectivity index (χ1) is 8.63. The number of carbonyl (C=O) groups is 1. The van der Waals surface area contributed by atoms with Gasteiger partial charge in [0.1, 0.15) is 18.0 Å². The molecule has 0 amide bonds. The first kappa shape index (κ1) is 12.0. The maximum Gasteiger partial charge on any atom is 0.312 e. The predicted octanol–water partition coefficient (Wildman–Crippen LogP) is 1.41. The predicted molar refractivity (Wildman–Crippen MR) is 56.4 cm³/mol. The number of rotatable bonds is 5. The molecule has 0 atom stereocenters. The van der Waals surface area contributed by atoms with Gasteiger partial charge in [0, 0.05) is 0 Å². The number of aromatic nitrogens is 2. The Bertz CT molecular complexity index is 538. The van der Waals surface area contributed by atoms with Crippen LogP contribution in [0.3, 0.4) is 0 Å². The Morgan fingerprint density at radius 1 is 1.39 bits per heavy atom. The highest BCUT2D eigenvalue weighted by Crippen LogP contribution is 2.12. The number of aliphatic carboxylic acids is 1. The maximum atomic E-state index is 12.6. The molecule has 7 heteroatoms. The molecule has 94 valence electrons. The zero-order valence-corrected chi connectivity index (χ0v) is 9.17. The van der Waals surface area contributed by atoms with Crippen molar-refractivity contribution in [3.05, 3.63) is 41.8 Å². The smallest absolute Gasteiger partial charge is 0.312 e. The van der Waals surface area contributed by atoms with Crippen molar-refractivity contribution in [3.8, 4) is 5.75 Å². The molecule has 0 spiro atoms. The summed E-state index contributed by atoms with van der Waals surface area (Å²) in [5, 5.41) is 12.1. The lowest BCUT2D eigenvalue weighted by molar-refractivity contribution is -0.136. The average molecular weight is 252 g/mol. The van der Waals surface area contributed by atoms with Crippen LogP contribution in [0.1, 0.15) is 11.7 Å². The molecule has 1 heterocycles. The van der Waals surface area contributed by atoms with E-state index in [1.165, 1.54) is 24.3 Å². The zero-order chi connectivity index (χ0) is 13.0. The lowest BCUT2D eigenvalue weighted by Gasteiger charge is -2.01. The van der Waals surface area contributed by atoms with Gasteiger partial charge in [0.05, 0.1) is 0 Å². The van der Waals surface area contributed by atoms with Gasteiger partial charge in [0.25, 0.3) is 0 Å². The summed E-state index contributed by atoms with van der Waals surface area (Å²) in [6, 6.07) is 5.46. The van der Waals surface area contributed by atoms with Crippen molar-refractivity contribution in [2.45, 2.75) is 13.0 Å². The van der Waals surface area contributed by atoms with Gasteiger partial charge in [-0.25, -0.2) is 4.39 Å². The summed E-state index contributed by atoms with van der Waals surface area (Å²) in [5.41, 5.74) is 0. The molecule has 0 saturated carbocycles. The van der Waals surface area contributed by atoms with E-state index in [-0.39, 0.29) is 30.6 Å². The number of carboxylic acids is 1. The van der Waals surface area contributed by atoms with Gasteiger partial charge in [0.15, 0.2) is 6.61 Å². The highest BCUT2D eigenvalue weighted by atomic mass is 19.1. The summed E-state index contributed by atoms with van der Waals surface area (Å²) in [6.45, 7) is 0.0226. The Morgan fingerprint density at radius 2 is 2.11 bits per heavy atom. The Morgan fingerprint density at radius 3 is 2.78 bits per heavy atom. The Kier molecular flexibility index (Phi) is 3.52. The van der Waals surface area contributed by atoms with Crippen molar-refractivity contribution in [1.82, 2.24) is 10.1 Å². The van der Waals surface area contributed by atoms with Gasteiger partial charge >= 0.3 is 5.97 Å². The summed E-state index contributed by atoms with van der Waals surface area (Å²) in [6.07, 6.45) is -0.330. The lowest BCUT2D eigenvalue weighted by Crippen LogP contribution is -2.01. The molecule has 0 unspecified atom stereocenters. The normalized spacial score (nSPS) is 10.3. The molecule has 0 aliphatic carbocycles. The van der Waals surface area contributed by atoms with E-state index >= 15 is 0 Å². The minimum Gasteiger partial charge on any atom is -0.485 e. The highest BCUT2D eigenvalue weighted by molar-refractivity contribution is 5.68. The Balaban J connectivity index is 1.92. The van der Waals surface area contributed by atoms with Crippen LogP contribution >= 0.6 is 0 Å². The molecular formula is C11H9FN2O4. The van der Waals surface area contributed by atoms with Gasteiger partial charge in [0.2, 0.25) is 11.7 Å². The van der Waals surface area contributed by atoms with Crippen molar-refractivity contribution in [2.24, 2.45) is 0 Å². The number of hydrogen-bond donors (Lipinski definition) is 1. The Labute approximate surface area is 101 Å². The van der Waals surface area contributed by atoms with E-state index < -0.39 is 5.97 Å². The van der Waals surface area contributed by atoms with Crippen LogP contribution in [0.4, 0.5) is 4.39 Å². The first-order valence-corrected chi connectivity index (χ1v) is 5.05. The lowest BCUT2D eigenvalue weighted by atomic mass is 10.3. The van der Waals surface area contributed by atoms with Crippen LogP contribution in [0, 0.1) is 5.82 Å². The molecule has 0 radical (unpaired) electrons. The molecular weight excluding hydrogens is 243 g/mol. The summed E-state index contributed by atoms with van der Waals surface area (Å²) >= 11 is 0. The quantitative estimate of drug-likeness (QED) is 0.866. The molecule has 1 N–H and O–H groups in total. The minimum atomic E-state index is -1.05. The van der Waals surface area contributed by atoms with Crippen LogP contribution < -0.4 is 4.74 Å². The number of benzene rings is 1. The second-order valence-corrected chi connectivity index (χ2v) is 3.42. The fraction of sp³-hybridized carbons (Fsp3) is 0.182. The van der Waals surface area contributed by atoms with Gasteiger partial charge in [-0.05, 0) is 24.3 Å². The number of hydrogen-bond acceptors (Lipinski definition) is 5. The second-order valence-electron chi connectivity index (χ2n) is 3.42. The molecule has 2 aromatic rings.